The molecule has 0 rings (SSSR count). The molecule has 1 atom stereocenters. The van der Waals surface area contributed by atoms with Crippen LogP contribution in [0.25, 0.3) is 0 Å². The molecule has 0 aliphatic rings. The molecule has 0 bridgehead atoms. The van der Waals surface area contributed by atoms with Crippen molar-refractivity contribution < 1.29 is 33.0 Å². The van der Waals surface area contributed by atoms with Gasteiger partial charge in [-0.2, -0.15) is 0 Å². The molecule has 0 aliphatic carbocycles. The lowest BCUT2D eigenvalue weighted by molar-refractivity contribution is -0.140. The van der Waals surface area contributed by atoms with E-state index in [1.807, 2.05) is 0 Å². The first-order chi connectivity index (χ1) is 8.95. The van der Waals surface area contributed by atoms with Crippen LogP contribution < -0.4 is 5.32 Å². The van der Waals surface area contributed by atoms with E-state index in [0.717, 1.165) is 0 Å². The molecular weight excluding hydrogens is 264 g/mol. The summed E-state index contributed by atoms with van der Waals surface area (Å²) in [7, 11) is 0. The van der Waals surface area contributed by atoms with Crippen LogP contribution in [0.5, 0.6) is 0 Å². The Balaban J connectivity index is 3.75. The number of ether oxygens (including phenoxy) is 2. The van der Waals surface area contributed by atoms with Crippen molar-refractivity contribution in [2.24, 2.45) is 0 Å². The molecule has 1 amide bonds. The summed E-state index contributed by atoms with van der Waals surface area (Å²) >= 11 is 0. The summed E-state index contributed by atoms with van der Waals surface area (Å²) in [6.07, 6.45) is -3.43. The van der Waals surface area contributed by atoms with Gasteiger partial charge in [0, 0.05) is 19.6 Å². The highest BCUT2D eigenvalue weighted by atomic mass is 19.3. The quantitative estimate of drug-likeness (QED) is 0.544. The summed E-state index contributed by atoms with van der Waals surface area (Å²) in [4.78, 5) is 21.8. The van der Waals surface area contributed by atoms with Gasteiger partial charge in [-0.05, 0) is 6.92 Å². The Bertz CT molecular complexity index is 276. The summed E-state index contributed by atoms with van der Waals surface area (Å²) in [5, 5.41) is 11.1. The second kappa shape index (κ2) is 10.6. The van der Waals surface area contributed by atoms with Crippen LogP contribution in [0.15, 0.2) is 0 Å². The molecule has 0 spiro atoms. The monoisotopic (exact) mass is 283 g/mol. The number of hydrogen-bond donors (Lipinski definition) is 2. The van der Waals surface area contributed by atoms with E-state index in [2.05, 4.69) is 10.1 Å². The van der Waals surface area contributed by atoms with Crippen LogP contribution in [-0.2, 0) is 19.1 Å². The molecule has 8 heteroatoms. The number of carboxylic acid groups (broad SMARTS) is 1. The van der Waals surface area contributed by atoms with Gasteiger partial charge in [-0.15, -0.1) is 0 Å². The average molecular weight is 283 g/mol. The van der Waals surface area contributed by atoms with Crippen LogP contribution in [0.3, 0.4) is 0 Å². The maximum absolute atomic E-state index is 11.7. The fourth-order valence-electron chi connectivity index (χ4n) is 1.27. The van der Waals surface area contributed by atoms with Gasteiger partial charge < -0.3 is 19.9 Å². The third kappa shape index (κ3) is 11.5. The molecule has 0 fully saturated rings. The number of nitrogens with one attached hydrogen (secondary N) is 1. The smallest absolute Gasteiger partial charge is 0.306 e. The largest absolute Gasteiger partial charge is 0.481 e. The maximum atomic E-state index is 11.7. The van der Waals surface area contributed by atoms with Gasteiger partial charge in [-0.25, -0.2) is 8.78 Å². The van der Waals surface area contributed by atoms with Crippen molar-refractivity contribution in [1.82, 2.24) is 5.32 Å². The van der Waals surface area contributed by atoms with E-state index in [1.54, 1.807) is 6.92 Å². The summed E-state index contributed by atoms with van der Waals surface area (Å²) in [6, 6.07) is 0. The van der Waals surface area contributed by atoms with Crippen molar-refractivity contribution in [2.45, 2.75) is 32.3 Å². The van der Waals surface area contributed by atoms with Gasteiger partial charge in [-0.3, -0.25) is 9.59 Å². The minimum absolute atomic E-state index is 0.0569. The molecular formula is C11H19F2NO5. The van der Waals surface area contributed by atoms with E-state index >= 15 is 0 Å². The van der Waals surface area contributed by atoms with E-state index in [9.17, 15) is 18.4 Å². The molecule has 0 radical (unpaired) electrons. The van der Waals surface area contributed by atoms with E-state index in [0.29, 0.717) is 6.61 Å². The van der Waals surface area contributed by atoms with Crippen molar-refractivity contribution in [3.8, 4) is 0 Å². The summed E-state index contributed by atoms with van der Waals surface area (Å²) in [5.74, 6) is -1.42. The lowest BCUT2D eigenvalue weighted by Gasteiger charge is -2.15. The van der Waals surface area contributed by atoms with E-state index in [4.69, 9.17) is 9.84 Å². The van der Waals surface area contributed by atoms with Gasteiger partial charge in [-0.1, -0.05) is 0 Å². The number of amides is 1. The summed E-state index contributed by atoms with van der Waals surface area (Å²) < 4.78 is 33.1. The van der Waals surface area contributed by atoms with Gasteiger partial charge in [0.25, 0.3) is 6.43 Å². The third-order valence-electron chi connectivity index (χ3n) is 2.05. The standard InChI is InChI=1S/C11H19F2NO5/c1-2-19-8(5-11(16)17)6-14-10(15)3-4-18-7-9(12)13/h8-9H,2-7H2,1H3,(H,14,15)(H,16,17). The molecule has 0 saturated heterocycles. The fourth-order valence-corrected chi connectivity index (χ4v) is 1.27. The van der Waals surface area contributed by atoms with Crippen LogP contribution in [0.1, 0.15) is 19.8 Å². The lowest BCUT2D eigenvalue weighted by Crippen LogP contribution is -2.35. The summed E-state index contributed by atoms with van der Waals surface area (Å²) in [5.41, 5.74) is 0. The number of alkyl halides is 2. The van der Waals surface area contributed by atoms with Crippen molar-refractivity contribution in [1.29, 1.82) is 0 Å². The molecule has 0 aliphatic heterocycles. The number of carboxylic acids is 1. The van der Waals surface area contributed by atoms with E-state index < -0.39 is 31.0 Å². The highest BCUT2D eigenvalue weighted by molar-refractivity contribution is 5.76. The van der Waals surface area contributed by atoms with Crippen molar-refractivity contribution in [2.75, 3.05) is 26.4 Å². The first-order valence-electron chi connectivity index (χ1n) is 5.91. The number of aliphatic carboxylic acids is 1. The second-order valence-corrected chi connectivity index (χ2v) is 3.70. The zero-order chi connectivity index (χ0) is 14.7. The van der Waals surface area contributed by atoms with Crippen LogP contribution in [0.2, 0.25) is 0 Å². The van der Waals surface area contributed by atoms with Gasteiger partial charge >= 0.3 is 5.97 Å². The van der Waals surface area contributed by atoms with Crippen LogP contribution in [0, 0.1) is 0 Å². The Morgan fingerprint density at radius 3 is 2.58 bits per heavy atom. The molecule has 19 heavy (non-hydrogen) atoms. The predicted octanol–water partition coefficient (Wildman–Crippen LogP) is 0.654. The van der Waals surface area contributed by atoms with E-state index in [-0.39, 0.29) is 26.0 Å². The first-order valence-corrected chi connectivity index (χ1v) is 5.91. The molecule has 2 N–H and O–H groups in total. The molecule has 0 heterocycles. The minimum atomic E-state index is -2.55. The van der Waals surface area contributed by atoms with Gasteiger partial charge in [0.1, 0.15) is 6.61 Å². The number of hydrogen-bond acceptors (Lipinski definition) is 4. The zero-order valence-corrected chi connectivity index (χ0v) is 10.7. The Hall–Kier alpha value is -1.28. The minimum Gasteiger partial charge on any atom is -0.481 e. The molecule has 0 aromatic heterocycles. The maximum Gasteiger partial charge on any atom is 0.306 e. The van der Waals surface area contributed by atoms with Crippen LogP contribution in [-0.4, -0.2) is 55.9 Å². The molecule has 0 aromatic carbocycles. The molecule has 0 saturated carbocycles. The predicted molar refractivity (Wildman–Crippen MR) is 62.1 cm³/mol. The second-order valence-electron chi connectivity index (χ2n) is 3.70. The SMILES string of the molecule is CCOC(CNC(=O)CCOCC(F)F)CC(=O)O. The number of halogens is 2. The number of rotatable bonds is 11. The normalized spacial score (nSPS) is 12.4. The Morgan fingerprint density at radius 2 is 2.05 bits per heavy atom. The van der Waals surface area contributed by atoms with Gasteiger partial charge in [0.15, 0.2) is 0 Å². The van der Waals surface area contributed by atoms with Crippen molar-refractivity contribution in [3.63, 3.8) is 0 Å². The van der Waals surface area contributed by atoms with Gasteiger partial charge in [0.05, 0.1) is 19.1 Å². The average Bonchev–Trinajstić information content (AvgIpc) is 2.31. The van der Waals surface area contributed by atoms with E-state index in [1.165, 1.54) is 0 Å². The third-order valence-corrected chi connectivity index (χ3v) is 2.05. The van der Waals surface area contributed by atoms with Crippen molar-refractivity contribution >= 4 is 11.9 Å². The topological polar surface area (TPSA) is 84.9 Å². The van der Waals surface area contributed by atoms with Crippen LogP contribution >= 0.6 is 0 Å². The highest BCUT2D eigenvalue weighted by Crippen LogP contribution is 1.98. The molecule has 0 aromatic rings. The first kappa shape index (κ1) is 17.7. The summed E-state index contributed by atoms with van der Waals surface area (Å²) in [6.45, 7) is 1.32. The molecule has 112 valence electrons. The van der Waals surface area contributed by atoms with Crippen LogP contribution in [0.4, 0.5) is 8.78 Å². The number of carbonyl (C=O) groups excluding carboxylic acids is 1. The Labute approximate surface area is 110 Å². The molecule has 6 nitrogen and oxygen atoms in total. The zero-order valence-electron chi connectivity index (χ0n) is 10.7. The molecule has 1 unspecified atom stereocenters. The van der Waals surface area contributed by atoms with Crippen molar-refractivity contribution in [3.05, 3.63) is 0 Å². The Morgan fingerprint density at radius 1 is 1.37 bits per heavy atom. The highest BCUT2D eigenvalue weighted by Gasteiger charge is 2.14. The van der Waals surface area contributed by atoms with Gasteiger partial charge in [0.2, 0.25) is 5.91 Å². The number of carbonyl (C=O) groups is 2. The Kier molecular flexibility index (Phi) is 9.91. The fraction of sp³-hybridized carbons (Fsp3) is 0.818. The lowest BCUT2D eigenvalue weighted by atomic mass is 10.2.